The van der Waals surface area contributed by atoms with E-state index in [1.165, 1.54) is 9.67 Å². The van der Waals surface area contributed by atoms with Gasteiger partial charge in [-0.15, -0.1) is 21.5 Å². The number of hydrogen-bond donors (Lipinski definition) is 1. The molecular weight excluding hydrogens is 210 g/mol. The van der Waals surface area contributed by atoms with Crippen molar-refractivity contribution in [2.45, 2.75) is 19.5 Å². The van der Waals surface area contributed by atoms with E-state index in [9.17, 15) is 0 Å². The van der Waals surface area contributed by atoms with E-state index in [0.717, 1.165) is 5.82 Å². The minimum absolute atomic E-state index is 0.328. The first-order chi connectivity index (χ1) is 7.25. The summed E-state index contributed by atoms with van der Waals surface area (Å²) in [6, 6.07) is 4.50. The lowest BCUT2D eigenvalue weighted by atomic mass is 10.3. The van der Waals surface area contributed by atoms with Crippen LogP contribution >= 0.6 is 11.3 Å². The van der Waals surface area contributed by atoms with Crippen LogP contribution in [0.2, 0.25) is 0 Å². The number of nitrogens with one attached hydrogen (secondary N) is 1. The van der Waals surface area contributed by atoms with Crippen molar-refractivity contribution in [3.05, 3.63) is 28.2 Å². The van der Waals surface area contributed by atoms with Gasteiger partial charge < -0.3 is 5.32 Å². The van der Waals surface area contributed by atoms with Crippen molar-refractivity contribution in [3.8, 4) is 0 Å². The van der Waals surface area contributed by atoms with Gasteiger partial charge in [0.05, 0.1) is 13.6 Å². The van der Waals surface area contributed by atoms with Gasteiger partial charge in [0.25, 0.3) is 0 Å². The number of hydrogen-bond acceptors (Lipinski definition) is 5. The molecule has 0 aliphatic rings. The monoisotopic (exact) mass is 223 g/mol. The third-order valence-electron chi connectivity index (χ3n) is 2.09. The highest BCUT2D eigenvalue weighted by Gasteiger charge is 2.07. The fourth-order valence-corrected chi connectivity index (χ4v) is 2.04. The molecular formula is C9H13N5S. The maximum atomic E-state index is 4.10. The number of nitrogens with zero attached hydrogens (tertiary/aromatic N) is 4. The SMILES string of the molecule is C[C@@H](NCc1nnn(C)n1)c1cccs1. The molecule has 6 heteroatoms. The molecule has 15 heavy (non-hydrogen) atoms. The molecule has 0 aromatic carbocycles. The Balaban J connectivity index is 1.88. The Morgan fingerprint density at radius 3 is 3.07 bits per heavy atom. The lowest BCUT2D eigenvalue weighted by Crippen LogP contribution is -2.18. The first-order valence-corrected chi connectivity index (χ1v) is 5.63. The number of tetrazole rings is 1. The lowest BCUT2D eigenvalue weighted by molar-refractivity contribution is 0.562. The smallest absolute Gasteiger partial charge is 0.188 e. The highest BCUT2D eigenvalue weighted by atomic mass is 32.1. The molecule has 0 spiro atoms. The molecule has 80 valence electrons. The molecule has 2 rings (SSSR count). The van der Waals surface area contributed by atoms with Crippen LogP contribution in [0, 0.1) is 0 Å². The average molecular weight is 223 g/mol. The summed E-state index contributed by atoms with van der Waals surface area (Å²) in [5.74, 6) is 0.723. The number of aromatic nitrogens is 4. The minimum Gasteiger partial charge on any atom is -0.302 e. The fraction of sp³-hybridized carbons (Fsp3) is 0.444. The second kappa shape index (κ2) is 4.50. The zero-order valence-corrected chi connectivity index (χ0v) is 9.53. The van der Waals surface area contributed by atoms with Gasteiger partial charge in [0.1, 0.15) is 0 Å². The van der Waals surface area contributed by atoms with Crippen LogP contribution in [0.15, 0.2) is 17.5 Å². The zero-order valence-electron chi connectivity index (χ0n) is 8.71. The molecule has 0 aliphatic carbocycles. The summed E-state index contributed by atoms with van der Waals surface area (Å²) in [6.45, 7) is 2.77. The molecule has 2 heterocycles. The Kier molecular flexibility index (Phi) is 3.08. The number of thiophene rings is 1. The maximum Gasteiger partial charge on any atom is 0.188 e. The molecule has 0 radical (unpaired) electrons. The van der Waals surface area contributed by atoms with Gasteiger partial charge in [0.15, 0.2) is 5.82 Å². The summed E-state index contributed by atoms with van der Waals surface area (Å²) in [6.07, 6.45) is 0. The van der Waals surface area contributed by atoms with Crippen molar-refractivity contribution >= 4 is 11.3 Å². The summed E-state index contributed by atoms with van der Waals surface area (Å²) < 4.78 is 0. The van der Waals surface area contributed by atoms with Crippen molar-refractivity contribution in [1.82, 2.24) is 25.5 Å². The zero-order chi connectivity index (χ0) is 10.7. The van der Waals surface area contributed by atoms with Gasteiger partial charge in [-0.3, -0.25) is 0 Å². The van der Waals surface area contributed by atoms with Crippen LogP contribution in [-0.4, -0.2) is 20.2 Å². The van der Waals surface area contributed by atoms with Crippen LogP contribution < -0.4 is 5.32 Å². The molecule has 0 bridgehead atoms. The van der Waals surface area contributed by atoms with Gasteiger partial charge in [-0.2, -0.15) is 4.80 Å². The highest BCUT2D eigenvalue weighted by Crippen LogP contribution is 2.17. The topological polar surface area (TPSA) is 55.6 Å². The van der Waals surface area contributed by atoms with E-state index in [-0.39, 0.29) is 0 Å². The van der Waals surface area contributed by atoms with E-state index in [4.69, 9.17) is 0 Å². The van der Waals surface area contributed by atoms with E-state index in [2.05, 4.69) is 45.2 Å². The molecule has 0 amide bonds. The van der Waals surface area contributed by atoms with E-state index in [1.807, 2.05) is 0 Å². The van der Waals surface area contributed by atoms with E-state index in [0.29, 0.717) is 12.6 Å². The maximum absolute atomic E-state index is 4.10. The Labute approximate surface area is 92.1 Å². The van der Waals surface area contributed by atoms with E-state index in [1.54, 1.807) is 18.4 Å². The van der Waals surface area contributed by atoms with Crippen molar-refractivity contribution in [3.63, 3.8) is 0 Å². The molecule has 2 aromatic heterocycles. The van der Waals surface area contributed by atoms with E-state index >= 15 is 0 Å². The van der Waals surface area contributed by atoms with Crippen LogP contribution in [-0.2, 0) is 13.6 Å². The molecule has 5 nitrogen and oxygen atoms in total. The molecule has 2 aromatic rings. The Morgan fingerprint density at radius 2 is 2.47 bits per heavy atom. The molecule has 1 atom stereocenters. The van der Waals surface area contributed by atoms with E-state index < -0.39 is 0 Å². The van der Waals surface area contributed by atoms with Crippen LogP contribution in [0.4, 0.5) is 0 Å². The van der Waals surface area contributed by atoms with Gasteiger partial charge in [-0.05, 0) is 23.6 Å². The molecule has 1 N–H and O–H groups in total. The predicted molar refractivity (Wildman–Crippen MR) is 58.4 cm³/mol. The van der Waals surface area contributed by atoms with Crippen LogP contribution in [0.25, 0.3) is 0 Å². The van der Waals surface area contributed by atoms with Crippen LogP contribution in [0.1, 0.15) is 23.7 Å². The van der Waals surface area contributed by atoms with Crippen LogP contribution in [0.3, 0.4) is 0 Å². The standard InChI is InChI=1S/C9H13N5S/c1-7(8-4-3-5-15-8)10-6-9-11-13-14(2)12-9/h3-5,7,10H,6H2,1-2H3/t7-/m1/s1. The predicted octanol–water partition coefficient (Wildman–Crippen LogP) is 1.12. The molecule has 0 saturated heterocycles. The molecule has 0 fully saturated rings. The average Bonchev–Trinajstić information content (AvgIpc) is 2.84. The van der Waals surface area contributed by atoms with Crippen molar-refractivity contribution < 1.29 is 0 Å². The molecule has 0 aliphatic heterocycles. The Morgan fingerprint density at radius 1 is 1.60 bits per heavy atom. The third kappa shape index (κ3) is 2.60. The highest BCUT2D eigenvalue weighted by molar-refractivity contribution is 7.10. The largest absolute Gasteiger partial charge is 0.302 e. The first-order valence-electron chi connectivity index (χ1n) is 4.75. The van der Waals surface area contributed by atoms with Crippen LogP contribution in [0.5, 0.6) is 0 Å². The fourth-order valence-electron chi connectivity index (χ4n) is 1.28. The van der Waals surface area contributed by atoms with Crippen molar-refractivity contribution in [2.24, 2.45) is 7.05 Å². The van der Waals surface area contributed by atoms with Crippen molar-refractivity contribution in [1.29, 1.82) is 0 Å². The molecule has 0 unspecified atom stereocenters. The quantitative estimate of drug-likeness (QED) is 0.844. The molecule has 0 saturated carbocycles. The second-order valence-corrected chi connectivity index (χ2v) is 4.29. The van der Waals surface area contributed by atoms with Gasteiger partial charge in [-0.25, -0.2) is 0 Å². The number of aryl methyl sites for hydroxylation is 1. The van der Waals surface area contributed by atoms with Gasteiger partial charge >= 0.3 is 0 Å². The third-order valence-corrected chi connectivity index (χ3v) is 3.14. The number of rotatable bonds is 4. The van der Waals surface area contributed by atoms with Gasteiger partial charge in [0, 0.05) is 10.9 Å². The van der Waals surface area contributed by atoms with Gasteiger partial charge in [0.2, 0.25) is 0 Å². The summed E-state index contributed by atoms with van der Waals surface area (Å²) in [7, 11) is 1.76. The summed E-state index contributed by atoms with van der Waals surface area (Å²) in [4.78, 5) is 2.78. The van der Waals surface area contributed by atoms with Crippen molar-refractivity contribution in [2.75, 3.05) is 0 Å². The Bertz CT molecular complexity index is 408. The second-order valence-electron chi connectivity index (χ2n) is 3.31. The minimum atomic E-state index is 0.328. The summed E-state index contributed by atoms with van der Waals surface area (Å²) >= 11 is 1.75. The first kappa shape index (κ1) is 10.3. The Hall–Kier alpha value is -1.27. The summed E-state index contributed by atoms with van der Waals surface area (Å²) in [5.41, 5.74) is 0. The normalized spacial score (nSPS) is 12.9. The summed E-state index contributed by atoms with van der Waals surface area (Å²) in [5, 5.41) is 17.2. The van der Waals surface area contributed by atoms with Gasteiger partial charge in [-0.1, -0.05) is 6.07 Å². The lowest BCUT2D eigenvalue weighted by Gasteiger charge is -2.09.